The molecular weight excluding hydrogens is 436 g/mol. The van der Waals surface area contributed by atoms with E-state index >= 15 is 0 Å². The maximum atomic E-state index is 13.1. The third kappa shape index (κ3) is 4.73. The molecule has 0 saturated carbocycles. The van der Waals surface area contributed by atoms with Gasteiger partial charge in [0.1, 0.15) is 5.75 Å². The van der Waals surface area contributed by atoms with Crippen molar-refractivity contribution < 1.29 is 17.9 Å². The van der Waals surface area contributed by atoms with E-state index in [-0.39, 0.29) is 22.1 Å². The number of anilines is 1. The van der Waals surface area contributed by atoms with Gasteiger partial charge < -0.3 is 10.1 Å². The van der Waals surface area contributed by atoms with E-state index in [4.69, 9.17) is 4.74 Å². The lowest BCUT2D eigenvalue weighted by Crippen LogP contribution is -2.22. The van der Waals surface area contributed by atoms with E-state index in [0.717, 1.165) is 16.8 Å². The summed E-state index contributed by atoms with van der Waals surface area (Å²) in [6.07, 6.45) is 1.49. The van der Waals surface area contributed by atoms with Crippen LogP contribution in [0.5, 0.6) is 5.75 Å². The standard InChI is InChI=1S/C26H24N2O4S/c1-4-32-20-11-13-21(14-12-20)33(30,31)28-24-16-25(26(29)23-8-6-5-7-22(23)24)27-19-10-9-17(2)18(3)15-19/h5-16,27H,4H2,1-3H3/b28-24-. The Morgan fingerprint density at radius 2 is 1.61 bits per heavy atom. The van der Waals surface area contributed by atoms with Gasteiger partial charge in [0.2, 0.25) is 5.78 Å². The number of ether oxygens (including phenoxy) is 1. The molecule has 0 amide bonds. The number of rotatable bonds is 6. The van der Waals surface area contributed by atoms with E-state index in [1.807, 2.05) is 39.0 Å². The molecule has 0 atom stereocenters. The summed E-state index contributed by atoms with van der Waals surface area (Å²) in [7, 11) is -4.01. The van der Waals surface area contributed by atoms with Crippen LogP contribution in [0.25, 0.3) is 0 Å². The Morgan fingerprint density at radius 1 is 0.909 bits per heavy atom. The monoisotopic (exact) mass is 460 g/mol. The fraction of sp³-hybridized carbons (Fsp3) is 0.154. The second-order valence-corrected chi connectivity index (χ2v) is 9.32. The molecule has 7 heteroatoms. The van der Waals surface area contributed by atoms with Gasteiger partial charge in [-0.15, -0.1) is 0 Å². The molecule has 0 aliphatic heterocycles. The SMILES string of the molecule is CCOc1ccc(S(=O)(=O)/N=C2/C=C(Nc3ccc(C)c(C)c3)C(=O)c3ccccc32)cc1. The van der Waals surface area contributed by atoms with Crippen LogP contribution in [-0.4, -0.2) is 26.5 Å². The third-order valence-electron chi connectivity index (χ3n) is 5.41. The number of benzene rings is 3. The average molecular weight is 461 g/mol. The summed E-state index contributed by atoms with van der Waals surface area (Å²) in [4.78, 5) is 13.2. The number of Topliss-reactive ketones (excluding diaryl/α,β-unsaturated/α-hetero) is 1. The maximum absolute atomic E-state index is 13.1. The summed E-state index contributed by atoms with van der Waals surface area (Å²) in [6.45, 7) is 6.34. The molecule has 3 aromatic carbocycles. The van der Waals surface area contributed by atoms with Crippen LogP contribution in [-0.2, 0) is 10.0 Å². The molecule has 0 spiro atoms. The van der Waals surface area contributed by atoms with Crippen molar-refractivity contribution in [3.05, 3.63) is 101 Å². The predicted octanol–water partition coefficient (Wildman–Crippen LogP) is 5.07. The third-order valence-corrected chi connectivity index (χ3v) is 6.72. The van der Waals surface area contributed by atoms with Crippen molar-refractivity contribution in [2.24, 2.45) is 4.40 Å². The summed E-state index contributed by atoms with van der Waals surface area (Å²) in [5, 5.41) is 3.14. The van der Waals surface area contributed by atoms with Crippen LogP contribution in [0.3, 0.4) is 0 Å². The molecule has 0 bridgehead atoms. The number of ketones is 1. The number of hydrogen-bond acceptors (Lipinski definition) is 5. The average Bonchev–Trinajstić information content (AvgIpc) is 2.80. The molecule has 0 heterocycles. The van der Waals surface area contributed by atoms with Crippen molar-refractivity contribution in [3.63, 3.8) is 0 Å². The van der Waals surface area contributed by atoms with Gasteiger partial charge in [0.15, 0.2) is 0 Å². The van der Waals surface area contributed by atoms with Crippen molar-refractivity contribution >= 4 is 27.2 Å². The quantitative estimate of drug-likeness (QED) is 0.555. The van der Waals surface area contributed by atoms with Gasteiger partial charge in [-0.2, -0.15) is 12.8 Å². The lowest BCUT2D eigenvalue weighted by atomic mass is 9.92. The minimum absolute atomic E-state index is 0.0462. The summed E-state index contributed by atoms with van der Waals surface area (Å²) in [5.74, 6) is 0.360. The smallest absolute Gasteiger partial charge is 0.282 e. The number of sulfonamides is 1. The Hall–Kier alpha value is -3.71. The Balaban J connectivity index is 1.76. The van der Waals surface area contributed by atoms with Crippen LogP contribution < -0.4 is 10.1 Å². The van der Waals surface area contributed by atoms with Gasteiger partial charge in [0, 0.05) is 16.8 Å². The van der Waals surface area contributed by atoms with Crippen LogP contribution in [0, 0.1) is 13.8 Å². The number of hydrogen-bond donors (Lipinski definition) is 1. The van der Waals surface area contributed by atoms with Gasteiger partial charge in [-0.05, 0) is 74.4 Å². The zero-order valence-corrected chi connectivity index (χ0v) is 19.4. The summed E-state index contributed by atoms with van der Waals surface area (Å²) < 4.78 is 35.6. The van der Waals surface area contributed by atoms with Gasteiger partial charge >= 0.3 is 0 Å². The van der Waals surface area contributed by atoms with E-state index in [1.165, 1.54) is 18.2 Å². The molecule has 3 aromatic rings. The summed E-state index contributed by atoms with van der Waals surface area (Å²) in [5.41, 5.74) is 4.29. The lowest BCUT2D eigenvalue weighted by Gasteiger charge is -2.19. The second-order valence-electron chi connectivity index (χ2n) is 7.71. The molecule has 1 aliphatic carbocycles. The van der Waals surface area contributed by atoms with E-state index in [1.54, 1.807) is 36.4 Å². The highest BCUT2D eigenvalue weighted by Gasteiger charge is 2.26. The van der Waals surface area contributed by atoms with E-state index in [2.05, 4.69) is 9.71 Å². The van der Waals surface area contributed by atoms with Crippen LogP contribution in [0.15, 0.2) is 87.8 Å². The molecular formula is C26H24N2O4S. The van der Waals surface area contributed by atoms with Crippen molar-refractivity contribution in [3.8, 4) is 5.75 Å². The number of allylic oxidation sites excluding steroid dienone is 2. The zero-order chi connectivity index (χ0) is 23.6. The van der Waals surface area contributed by atoms with E-state index < -0.39 is 10.0 Å². The molecule has 0 aromatic heterocycles. The summed E-state index contributed by atoms with van der Waals surface area (Å²) >= 11 is 0. The first kappa shape index (κ1) is 22.5. The van der Waals surface area contributed by atoms with E-state index in [0.29, 0.717) is 23.5 Å². The first-order chi connectivity index (χ1) is 15.8. The topological polar surface area (TPSA) is 84.8 Å². The largest absolute Gasteiger partial charge is 0.494 e. The molecule has 1 aliphatic rings. The van der Waals surface area contributed by atoms with Crippen molar-refractivity contribution in [2.45, 2.75) is 25.7 Å². The first-order valence-electron chi connectivity index (χ1n) is 10.6. The maximum Gasteiger partial charge on any atom is 0.282 e. The van der Waals surface area contributed by atoms with Crippen LogP contribution in [0.1, 0.15) is 34.0 Å². The molecule has 1 N–H and O–H groups in total. The Morgan fingerprint density at radius 3 is 2.27 bits per heavy atom. The number of carbonyl (C=O) groups is 1. The molecule has 4 rings (SSSR count). The fourth-order valence-electron chi connectivity index (χ4n) is 3.53. The predicted molar refractivity (Wildman–Crippen MR) is 130 cm³/mol. The minimum atomic E-state index is -4.01. The van der Waals surface area contributed by atoms with Gasteiger partial charge in [-0.3, -0.25) is 4.79 Å². The zero-order valence-electron chi connectivity index (χ0n) is 18.6. The molecule has 0 radical (unpaired) electrons. The van der Waals surface area contributed by atoms with Crippen molar-refractivity contribution in [2.75, 3.05) is 11.9 Å². The van der Waals surface area contributed by atoms with Crippen LogP contribution >= 0.6 is 0 Å². The minimum Gasteiger partial charge on any atom is -0.494 e. The normalized spacial score (nSPS) is 14.6. The van der Waals surface area contributed by atoms with Gasteiger partial charge in [0.05, 0.1) is 22.9 Å². The number of nitrogens with one attached hydrogen (secondary N) is 1. The Labute approximate surface area is 193 Å². The Kier molecular flexibility index (Phi) is 6.16. The summed E-state index contributed by atoms with van der Waals surface area (Å²) in [6, 6.07) is 18.8. The molecule has 0 saturated heterocycles. The lowest BCUT2D eigenvalue weighted by molar-refractivity contribution is 0.103. The fourth-order valence-corrected chi connectivity index (χ4v) is 4.52. The van der Waals surface area contributed by atoms with E-state index in [9.17, 15) is 13.2 Å². The highest BCUT2D eigenvalue weighted by molar-refractivity contribution is 7.90. The molecule has 0 fully saturated rings. The van der Waals surface area contributed by atoms with Crippen LogP contribution in [0.4, 0.5) is 5.69 Å². The molecule has 33 heavy (non-hydrogen) atoms. The second kappa shape index (κ2) is 9.03. The number of fused-ring (bicyclic) bond motifs is 1. The number of nitrogens with zero attached hydrogens (tertiary/aromatic N) is 1. The number of carbonyl (C=O) groups excluding carboxylic acids is 1. The Bertz CT molecular complexity index is 1390. The van der Waals surface area contributed by atoms with Gasteiger partial charge in [-0.25, -0.2) is 0 Å². The van der Waals surface area contributed by atoms with Crippen molar-refractivity contribution in [1.82, 2.24) is 0 Å². The van der Waals surface area contributed by atoms with Gasteiger partial charge in [0.25, 0.3) is 10.0 Å². The molecule has 6 nitrogen and oxygen atoms in total. The molecule has 168 valence electrons. The highest BCUT2D eigenvalue weighted by atomic mass is 32.2. The van der Waals surface area contributed by atoms with Crippen molar-refractivity contribution in [1.29, 1.82) is 0 Å². The number of aryl methyl sites for hydroxylation is 2. The van der Waals surface area contributed by atoms with Crippen LogP contribution in [0.2, 0.25) is 0 Å². The molecule has 0 unspecified atom stereocenters. The van der Waals surface area contributed by atoms with Gasteiger partial charge in [-0.1, -0.05) is 30.3 Å². The first-order valence-corrected chi connectivity index (χ1v) is 12.0. The highest BCUT2D eigenvalue weighted by Crippen LogP contribution is 2.26.